The second-order valence-electron chi connectivity index (χ2n) is 3.73. The van der Waals surface area contributed by atoms with Crippen molar-refractivity contribution in [3.8, 4) is 5.82 Å². The Morgan fingerprint density at radius 1 is 1.53 bits per heavy atom. The Labute approximate surface area is 110 Å². The van der Waals surface area contributed by atoms with Crippen LogP contribution in [0, 0.1) is 0 Å². The molecule has 2 heterocycles. The van der Waals surface area contributed by atoms with Crippen LogP contribution in [0.5, 0.6) is 0 Å². The molecule has 0 aliphatic carbocycles. The number of anilines is 2. The van der Waals surface area contributed by atoms with E-state index in [1.807, 2.05) is 13.0 Å². The van der Waals surface area contributed by atoms with E-state index in [0.29, 0.717) is 18.2 Å². The first-order valence-corrected chi connectivity index (χ1v) is 5.81. The molecule has 2 aromatic rings. The van der Waals surface area contributed by atoms with Crippen molar-refractivity contribution in [2.45, 2.75) is 6.92 Å². The van der Waals surface area contributed by atoms with Gasteiger partial charge in [0.25, 0.3) is 0 Å². The zero-order valence-corrected chi connectivity index (χ0v) is 10.8. The van der Waals surface area contributed by atoms with Crippen LogP contribution in [0.1, 0.15) is 17.3 Å². The molecule has 0 aromatic carbocycles. The number of carbonyl (C=O) groups is 1. The van der Waals surface area contributed by atoms with Crippen LogP contribution in [0.25, 0.3) is 5.82 Å². The molecule has 0 saturated carbocycles. The Balaban J connectivity index is 2.55. The number of aromatic nitrogens is 3. The van der Waals surface area contributed by atoms with Crippen LogP contribution in [-0.4, -0.2) is 34.4 Å². The van der Waals surface area contributed by atoms with E-state index in [2.05, 4.69) is 15.4 Å². The summed E-state index contributed by atoms with van der Waals surface area (Å²) in [6.45, 7) is 2.51. The van der Waals surface area contributed by atoms with Gasteiger partial charge in [-0.15, -0.1) is 5.10 Å². The lowest BCUT2D eigenvalue weighted by Crippen LogP contribution is -2.09. The van der Waals surface area contributed by atoms with Crippen LogP contribution in [0.3, 0.4) is 0 Å². The molecular formula is C12H15N5O2. The lowest BCUT2D eigenvalue weighted by molar-refractivity contribution is 0.0603. The van der Waals surface area contributed by atoms with E-state index in [4.69, 9.17) is 10.5 Å². The van der Waals surface area contributed by atoms with E-state index in [9.17, 15) is 4.79 Å². The van der Waals surface area contributed by atoms with Gasteiger partial charge in [0.05, 0.1) is 7.11 Å². The molecule has 2 aromatic heterocycles. The van der Waals surface area contributed by atoms with E-state index in [0.717, 1.165) is 0 Å². The summed E-state index contributed by atoms with van der Waals surface area (Å²) in [5.41, 5.74) is 6.18. The van der Waals surface area contributed by atoms with Gasteiger partial charge in [-0.3, -0.25) is 0 Å². The molecule has 19 heavy (non-hydrogen) atoms. The van der Waals surface area contributed by atoms with Crippen molar-refractivity contribution < 1.29 is 9.53 Å². The van der Waals surface area contributed by atoms with Gasteiger partial charge in [-0.05, 0) is 19.1 Å². The minimum absolute atomic E-state index is 0.196. The Kier molecular flexibility index (Phi) is 3.65. The van der Waals surface area contributed by atoms with Gasteiger partial charge < -0.3 is 15.8 Å². The number of esters is 1. The van der Waals surface area contributed by atoms with Crippen molar-refractivity contribution >= 4 is 17.6 Å². The van der Waals surface area contributed by atoms with E-state index >= 15 is 0 Å². The fraction of sp³-hybridized carbons (Fsp3) is 0.250. The molecule has 7 heteroatoms. The number of nitrogen functional groups attached to an aromatic ring is 1. The van der Waals surface area contributed by atoms with Crippen molar-refractivity contribution in [1.29, 1.82) is 0 Å². The number of methoxy groups -OCH3 is 1. The largest absolute Gasteiger partial charge is 0.465 e. The molecule has 0 aliphatic rings. The fourth-order valence-corrected chi connectivity index (χ4v) is 1.68. The van der Waals surface area contributed by atoms with Gasteiger partial charge in [0.1, 0.15) is 11.4 Å². The highest BCUT2D eigenvalue weighted by Crippen LogP contribution is 2.24. The topological polar surface area (TPSA) is 95.1 Å². The maximum absolute atomic E-state index is 11.8. The third-order valence-corrected chi connectivity index (χ3v) is 2.52. The van der Waals surface area contributed by atoms with Crippen molar-refractivity contribution in [3.05, 3.63) is 30.0 Å². The number of hydrogen-bond acceptors (Lipinski definition) is 6. The fourth-order valence-electron chi connectivity index (χ4n) is 1.68. The molecule has 0 bridgehead atoms. The smallest absolute Gasteiger partial charge is 0.345 e. The van der Waals surface area contributed by atoms with Gasteiger partial charge >= 0.3 is 5.97 Å². The highest BCUT2D eigenvalue weighted by Gasteiger charge is 2.23. The quantitative estimate of drug-likeness (QED) is 0.799. The van der Waals surface area contributed by atoms with Crippen molar-refractivity contribution in [2.24, 2.45) is 0 Å². The zero-order chi connectivity index (χ0) is 13.8. The molecule has 0 radical (unpaired) electrons. The Hall–Kier alpha value is -2.57. The molecule has 0 atom stereocenters. The molecule has 0 unspecified atom stereocenters. The number of nitrogens with zero attached hydrogens (tertiary/aromatic N) is 3. The molecule has 0 amide bonds. The van der Waals surface area contributed by atoms with Gasteiger partial charge in [-0.1, -0.05) is 6.07 Å². The average molecular weight is 261 g/mol. The minimum atomic E-state index is -0.532. The molecule has 2 rings (SSSR count). The Morgan fingerprint density at radius 2 is 2.32 bits per heavy atom. The summed E-state index contributed by atoms with van der Waals surface area (Å²) in [7, 11) is 1.30. The summed E-state index contributed by atoms with van der Waals surface area (Å²) < 4.78 is 6.13. The van der Waals surface area contributed by atoms with Crippen LogP contribution in [-0.2, 0) is 4.74 Å². The maximum Gasteiger partial charge on any atom is 0.345 e. The monoisotopic (exact) mass is 261 g/mol. The van der Waals surface area contributed by atoms with Gasteiger partial charge in [-0.2, -0.15) is 4.68 Å². The molecule has 100 valence electrons. The molecule has 3 N–H and O–H groups in total. The second kappa shape index (κ2) is 5.38. The summed E-state index contributed by atoms with van der Waals surface area (Å²) in [6, 6.07) is 5.35. The first-order chi connectivity index (χ1) is 9.19. The standard InChI is InChI=1S/C12H15N5O2/c1-3-14-11-9(12(18)19-2)10(13)17(16-11)8-6-4-5-7-15-8/h4-7H,3,13H2,1-2H3,(H,14,16). The molecule has 0 saturated heterocycles. The molecule has 0 aliphatic heterocycles. The number of nitrogens with one attached hydrogen (secondary N) is 1. The first-order valence-electron chi connectivity index (χ1n) is 5.81. The van der Waals surface area contributed by atoms with Gasteiger partial charge in [0.15, 0.2) is 11.6 Å². The van der Waals surface area contributed by atoms with E-state index < -0.39 is 5.97 Å². The molecule has 7 nitrogen and oxygen atoms in total. The van der Waals surface area contributed by atoms with E-state index in [1.54, 1.807) is 18.3 Å². The summed E-state index contributed by atoms with van der Waals surface area (Å²) in [4.78, 5) is 15.9. The first kappa shape index (κ1) is 12.9. The van der Waals surface area contributed by atoms with Gasteiger partial charge in [-0.25, -0.2) is 9.78 Å². The number of ether oxygens (including phenoxy) is 1. The normalized spacial score (nSPS) is 10.2. The predicted molar refractivity (Wildman–Crippen MR) is 71.3 cm³/mol. The zero-order valence-electron chi connectivity index (χ0n) is 10.8. The van der Waals surface area contributed by atoms with Gasteiger partial charge in [0.2, 0.25) is 0 Å². The molecular weight excluding hydrogens is 246 g/mol. The van der Waals surface area contributed by atoms with E-state index in [-0.39, 0.29) is 11.4 Å². The summed E-state index contributed by atoms with van der Waals surface area (Å²) >= 11 is 0. The molecule has 0 spiro atoms. The number of hydrogen-bond donors (Lipinski definition) is 2. The van der Waals surface area contributed by atoms with Crippen LogP contribution in [0.15, 0.2) is 24.4 Å². The minimum Gasteiger partial charge on any atom is -0.465 e. The number of carbonyl (C=O) groups excluding carboxylic acids is 1. The number of rotatable bonds is 4. The molecule has 0 fully saturated rings. The average Bonchev–Trinajstić information content (AvgIpc) is 2.76. The Morgan fingerprint density at radius 3 is 2.89 bits per heavy atom. The van der Waals surface area contributed by atoms with Crippen molar-refractivity contribution in [2.75, 3.05) is 24.7 Å². The highest BCUT2D eigenvalue weighted by molar-refractivity contribution is 5.99. The van der Waals surface area contributed by atoms with Crippen LogP contribution in [0.4, 0.5) is 11.6 Å². The van der Waals surface area contributed by atoms with Crippen LogP contribution in [0.2, 0.25) is 0 Å². The van der Waals surface area contributed by atoms with Crippen LogP contribution < -0.4 is 11.1 Å². The third-order valence-electron chi connectivity index (χ3n) is 2.52. The lowest BCUT2D eigenvalue weighted by atomic mass is 10.3. The van der Waals surface area contributed by atoms with Gasteiger partial charge in [0, 0.05) is 12.7 Å². The van der Waals surface area contributed by atoms with Crippen molar-refractivity contribution in [1.82, 2.24) is 14.8 Å². The SMILES string of the molecule is CCNc1nn(-c2ccccn2)c(N)c1C(=O)OC. The number of nitrogens with two attached hydrogens (primary N) is 1. The second-order valence-corrected chi connectivity index (χ2v) is 3.73. The lowest BCUT2D eigenvalue weighted by Gasteiger charge is -2.02. The number of pyridine rings is 1. The summed E-state index contributed by atoms with van der Waals surface area (Å²) in [6.07, 6.45) is 1.63. The predicted octanol–water partition coefficient (Wildman–Crippen LogP) is 1.07. The van der Waals surface area contributed by atoms with Crippen molar-refractivity contribution in [3.63, 3.8) is 0 Å². The highest BCUT2D eigenvalue weighted by atomic mass is 16.5. The summed E-state index contributed by atoms with van der Waals surface area (Å²) in [5.74, 6) is 0.587. The third kappa shape index (κ3) is 2.35. The summed E-state index contributed by atoms with van der Waals surface area (Å²) in [5, 5.41) is 7.24. The Bertz CT molecular complexity index is 579. The maximum atomic E-state index is 11.8. The van der Waals surface area contributed by atoms with E-state index in [1.165, 1.54) is 11.8 Å². The van der Waals surface area contributed by atoms with Crippen LogP contribution >= 0.6 is 0 Å².